The second-order valence-corrected chi connectivity index (χ2v) is 3.63. The van der Waals surface area contributed by atoms with Crippen LogP contribution in [0, 0.1) is 6.92 Å². The molecule has 2 rings (SSSR count). The summed E-state index contributed by atoms with van der Waals surface area (Å²) in [5.41, 5.74) is 5.99. The SMILES string of the molecule is Cc1cc(CN(C)C(=O)c2nc(N)n[nH]2)no1. The van der Waals surface area contributed by atoms with Gasteiger partial charge in [-0.1, -0.05) is 5.16 Å². The maximum atomic E-state index is 11.8. The Balaban J connectivity index is 2.05. The molecule has 90 valence electrons. The Labute approximate surface area is 96.8 Å². The second kappa shape index (κ2) is 4.24. The fourth-order valence-electron chi connectivity index (χ4n) is 1.36. The Kier molecular flexibility index (Phi) is 2.77. The van der Waals surface area contributed by atoms with Gasteiger partial charge in [0.1, 0.15) is 11.5 Å². The molecule has 3 N–H and O–H groups in total. The number of aromatic nitrogens is 4. The Morgan fingerprint density at radius 3 is 2.94 bits per heavy atom. The van der Waals surface area contributed by atoms with Gasteiger partial charge in [0.2, 0.25) is 11.8 Å². The molecule has 0 saturated carbocycles. The van der Waals surface area contributed by atoms with Crippen LogP contribution in [0.3, 0.4) is 0 Å². The van der Waals surface area contributed by atoms with Crippen LogP contribution in [0.15, 0.2) is 10.6 Å². The van der Waals surface area contributed by atoms with Gasteiger partial charge < -0.3 is 15.2 Å². The zero-order chi connectivity index (χ0) is 12.4. The normalized spacial score (nSPS) is 10.5. The van der Waals surface area contributed by atoms with Crippen LogP contribution in [0.4, 0.5) is 5.95 Å². The van der Waals surface area contributed by atoms with Crippen LogP contribution < -0.4 is 5.73 Å². The van der Waals surface area contributed by atoms with Crippen molar-refractivity contribution in [2.75, 3.05) is 12.8 Å². The second-order valence-electron chi connectivity index (χ2n) is 3.63. The smallest absolute Gasteiger partial charge is 0.291 e. The van der Waals surface area contributed by atoms with Crippen molar-refractivity contribution in [2.24, 2.45) is 0 Å². The number of anilines is 1. The van der Waals surface area contributed by atoms with Gasteiger partial charge in [-0.3, -0.25) is 9.89 Å². The number of nitrogens with zero attached hydrogens (tertiary/aromatic N) is 4. The molecule has 0 aromatic carbocycles. The zero-order valence-corrected chi connectivity index (χ0v) is 9.47. The van der Waals surface area contributed by atoms with Crippen molar-refractivity contribution in [3.05, 3.63) is 23.3 Å². The predicted octanol–water partition coefficient (Wildman–Crippen LogP) is -0.0445. The van der Waals surface area contributed by atoms with Crippen molar-refractivity contribution in [3.8, 4) is 0 Å². The maximum absolute atomic E-state index is 11.8. The van der Waals surface area contributed by atoms with E-state index in [0.29, 0.717) is 18.0 Å². The molecule has 0 radical (unpaired) electrons. The lowest BCUT2D eigenvalue weighted by molar-refractivity contribution is 0.0770. The minimum atomic E-state index is -0.310. The lowest BCUT2D eigenvalue weighted by Crippen LogP contribution is -2.27. The van der Waals surface area contributed by atoms with E-state index in [-0.39, 0.29) is 17.7 Å². The van der Waals surface area contributed by atoms with Crippen LogP contribution in [-0.4, -0.2) is 38.2 Å². The number of nitrogens with one attached hydrogen (secondary N) is 1. The number of H-pyrrole nitrogens is 1. The number of hydrogen-bond donors (Lipinski definition) is 2. The fraction of sp³-hybridized carbons (Fsp3) is 0.333. The number of amides is 1. The van der Waals surface area contributed by atoms with Gasteiger partial charge >= 0.3 is 0 Å². The predicted molar refractivity (Wildman–Crippen MR) is 57.8 cm³/mol. The molecule has 0 aliphatic heterocycles. The van der Waals surface area contributed by atoms with Crippen molar-refractivity contribution >= 4 is 11.9 Å². The van der Waals surface area contributed by atoms with Crippen molar-refractivity contribution in [1.29, 1.82) is 0 Å². The molecule has 0 bridgehead atoms. The molecule has 17 heavy (non-hydrogen) atoms. The number of nitrogens with two attached hydrogens (primary N) is 1. The molecule has 0 aliphatic rings. The summed E-state index contributed by atoms with van der Waals surface area (Å²) in [5, 5.41) is 9.84. The Bertz CT molecular complexity index is 531. The molecular formula is C9H12N6O2. The Morgan fingerprint density at radius 2 is 2.41 bits per heavy atom. The largest absolute Gasteiger partial charge is 0.366 e. The van der Waals surface area contributed by atoms with Crippen LogP contribution in [0.2, 0.25) is 0 Å². The topological polar surface area (TPSA) is 114 Å². The van der Waals surface area contributed by atoms with Gasteiger partial charge in [-0.05, 0) is 6.92 Å². The first-order valence-electron chi connectivity index (χ1n) is 4.92. The van der Waals surface area contributed by atoms with Gasteiger partial charge in [-0.2, -0.15) is 4.98 Å². The molecule has 2 aromatic rings. The minimum absolute atomic E-state index is 0.0408. The first kappa shape index (κ1) is 11.1. The summed E-state index contributed by atoms with van der Waals surface area (Å²) in [6, 6.07) is 1.76. The molecule has 0 spiro atoms. The number of aryl methyl sites for hydroxylation is 1. The van der Waals surface area contributed by atoms with E-state index < -0.39 is 0 Å². The molecule has 0 aliphatic carbocycles. The van der Waals surface area contributed by atoms with Crippen molar-refractivity contribution in [3.63, 3.8) is 0 Å². The number of carbonyl (C=O) groups is 1. The molecule has 0 fully saturated rings. The van der Waals surface area contributed by atoms with Crippen molar-refractivity contribution in [2.45, 2.75) is 13.5 Å². The lowest BCUT2D eigenvalue weighted by atomic mass is 10.3. The number of aromatic amines is 1. The van der Waals surface area contributed by atoms with E-state index in [1.807, 2.05) is 0 Å². The van der Waals surface area contributed by atoms with Gasteiger partial charge in [0, 0.05) is 13.1 Å². The highest BCUT2D eigenvalue weighted by molar-refractivity contribution is 5.90. The summed E-state index contributed by atoms with van der Waals surface area (Å²) >= 11 is 0. The first-order chi connectivity index (χ1) is 8.06. The van der Waals surface area contributed by atoms with Crippen LogP contribution in [0.25, 0.3) is 0 Å². The Hall–Kier alpha value is -2.38. The zero-order valence-electron chi connectivity index (χ0n) is 9.47. The molecule has 8 heteroatoms. The van der Waals surface area contributed by atoms with E-state index in [1.54, 1.807) is 20.0 Å². The summed E-state index contributed by atoms with van der Waals surface area (Å²) < 4.78 is 4.91. The highest BCUT2D eigenvalue weighted by Gasteiger charge is 2.17. The van der Waals surface area contributed by atoms with Gasteiger partial charge in [0.25, 0.3) is 5.91 Å². The molecule has 0 atom stereocenters. The average molecular weight is 236 g/mol. The maximum Gasteiger partial charge on any atom is 0.291 e. The third-order valence-electron chi connectivity index (χ3n) is 2.13. The first-order valence-corrected chi connectivity index (χ1v) is 4.92. The van der Waals surface area contributed by atoms with Crippen molar-refractivity contribution < 1.29 is 9.32 Å². The summed E-state index contributed by atoms with van der Waals surface area (Å²) in [6.45, 7) is 2.12. The van der Waals surface area contributed by atoms with Crippen molar-refractivity contribution in [1.82, 2.24) is 25.2 Å². The summed E-state index contributed by atoms with van der Waals surface area (Å²) in [5.74, 6) is 0.531. The highest BCUT2D eigenvalue weighted by Crippen LogP contribution is 2.06. The average Bonchev–Trinajstić information content (AvgIpc) is 2.87. The van der Waals surface area contributed by atoms with Crippen LogP contribution >= 0.6 is 0 Å². The molecule has 1 amide bonds. The quantitative estimate of drug-likeness (QED) is 0.772. The summed E-state index contributed by atoms with van der Waals surface area (Å²) in [6.07, 6.45) is 0. The third kappa shape index (κ3) is 2.41. The number of nitrogen functional groups attached to an aromatic ring is 1. The highest BCUT2D eigenvalue weighted by atomic mass is 16.5. The molecule has 2 heterocycles. The number of carbonyl (C=O) groups excluding carboxylic acids is 1. The van der Waals surface area contributed by atoms with Crippen LogP contribution in [0.1, 0.15) is 22.1 Å². The van der Waals surface area contributed by atoms with E-state index in [4.69, 9.17) is 10.3 Å². The van der Waals surface area contributed by atoms with Crippen LogP contribution in [-0.2, 0) is 6.54 Å². The van der Waals surface area contributed by atoms with E-state index in [9.17, 15) is 4.79 Å². The molecular weight excluding hydrogens is 224 g/mol. The molecule has 8 nitrogen and oxygen atoms in total. The molecule has 0 unspecified atom stereocenters. The Morgan fingerprint density at radius 1 is 1.65 bits per heavy atom. The van der Waals surface area contributed by atoms with E-state index in [0.717, 1.165) is 0 Å². The summed E-state index contributed by atoms with van der Waals surface area (Å²) in [4.78, 5) is 17.0. The van der Waals surface area contributed by atoms with E-state index in [2.05, 4.69) is 20.3 Å². The van der Waals surface area contributed by atoms with Gasteiger partial charge in [-0.15, -0.1) is 5.10 Å². The molecule has 0 saturated heterocycles. The third-order valence-corrected chi connectivity index (χ3v) is 2.13. The monoisotopic (exact) mass is 236 g/mol. The van der Waals surface area contributed by atoms with Gasteiger partial charge in [-0.25, -0.2) is 0 Å². The van der Waals surface area contributed by atoms with E-state index in [1.165, 1.54) is 4.90 Å². The minimum Gasteiger partial charge on any atom is -0.366 e. The fourth-order valence-corrected chi connectivity index (χ4v) is 1.36. The van der Waals surface area contributed by atoms with Gasteiger partial charge in [0.15, 0.2) is 0 Å². The van der Waals surface area contributed by atoms with Crippen LogP contribution in [0.5, 0.6) is 0 Å². The molecule has 2 aromatic heterocycles. The number of rotatable bonds is 3. The summed E-state index contributed by atoms with van der Waals surface area (Å²) in [7, 11) is 1.63. The van der Waals surface area contributed by atoms with E-state index >= 15 is 0 Å². The lowest BCUT2D eigenvalue weighted by Gasteiger charge is -2.12. The standard InChI is InChI=1S/C9H12N6O2/c1-5-3-6(14-17-5)4-15(2)8(16)7-11-9(10)13-12-7/h3H,4H2,1-2H3,(H3,10,11,12,13). The number of hydrogen-bond acceptors (Lipinski definition) is 6. The van der Waals surface area contributed by atoms with Gasteiger partial charge in [0.05, 0.1) is 6.54 Å².